The zero-order valence-corrected chi connectivity index (χ0v) is 7.62. The van der Waals surface area contributed by atoms with Crippen LogP contribution >= 0.6 is 15.9 Å². The molecule has 3 nitrogen and oxygen atoms in total. The van der Waals surface area contributed by atoms with E-state index in [0.717, 1.165) is 5.90 Å². The molecular weight excluding hydrogens is 210 g/mol. The SMILES string of the molecule is OCC1N=C(C2CC2)OC1Br. The van der Waals surface area contributed by atoms with Gasteiger partial charge in [-0.1, -0.05) is 0 Å². The highest BCUT2D eigenvalue weighted by molar-refractivity contribution is 9.09. The molecule has 0 spiro atoms. The molecule has 2 unspecified atom stereocenters. The van der Waals surface area contributed by atoms with Crippen molar-refractivity contribution in [2.45, 2.75) is 23.9 Å². The van der Waals surface area contributed by atoms with Crippen LogP contribution in [0.2, 0.25) is 0 Å². The van der Waals surface area contributed by atoms with Crippen molar-refractivity contribution < 1.29 is 9.84 Å². The maximum Gasteiger partial charge on any atom is 0.188 e. The normalized spacial score (nSPS) is 36.7. The molecule has 2 atom stereocenters. The zero-order chi connectivity index (χ0) is 7.84. The molecule has 62 valence electrons. The lowest BCUT2D eigenvalue weighted by molar-refractivity contribution is 0.210. The molecule has 1 saturated carbocycles. The van der Waals surface area contributed by atoms with Gasteiger partial charge in [-0.2, -0.15) is 0 Å². The number of ether oxygens (including phenoxy) is 1. The lowest BCUT2D eigenvalue weighted by Crippen LogP contribution is -2.19. The Balaban J connectivity index is 2.02. The molecule has 0 aromatic carbocycles. The van der Waals surface area contributed by atoms with Crippen molar-refractivity contribution in [2.75, 3.05) is 6.61 Å². The molecule has 1 aliphatic carbocycles. The van der Waals surface area contributed by atoms with Crippen LogP contribution in [0.4, 0.5) is 0 Å². The van der Waals surface area contributed by atoms with E-state index in [2.05, 4.69) is 20.9 Å². The van der Waals surface area contributed by atoms with Gasteiger partial charge in [0.05, 0.1) is 6.61 Å². The van der Waals surface area contributed by atoms with Gasteiger partial charge in [-0.15, -0.1) is 0 Å². The van der Waals surface area contributed by atoms with Gasteiger partial charge in [0.2, 0.25) is 0 Å². The highest BCUT2D eigenvalue weighted by Gasteiger charge is 2.37. The summed E-state index contributed by atoms with van der Waals surface area (Å²) in [4.78, 5) is 4.25. The monoisotopic (exact) mass is 219 g/mol. The third-order valence-corrected chi connectivity index (χ3v) is 2.74. The van der Waals surface area contributed by atoms with Crippen molar-refractivity contribution in [3.05, 3.63) is 0 Å². The largest absolute Gasteiger partial charge is 0.464 e. The van der Waals surface area contributed by atoms with Gasteiger partial charge in [0.15, 0.2) is 10.9 Å². The van der Waals surface area contributed by atoms with Gasteiger partial charge in [0.25, 0.3) is 0 Å². The van der Waals surface area contributed by atoms with Gasteiger partial charge in [-0.05, 0) is 28.8 Å². The Morgan fingerprint density at radius 1 is 1.64 bits per heavy atom. The Labute approximate surface area is 73.6 Å². The van der Waals surface area contributed by atoms with E-state index in [1.54, 1.807) is 0 Å². The second-order valence-electron chi connectivity index (χ2n) is 2.96. The fourth-order valence-electron chi connectivity index (χ4n) is 1.10. The van der Waals surface area contributed by atoms with Crippen molar-refractivity contribution >= 4 is 21.8 Å². The standard InChI is InChI=1S/C7H10BrNO2/c8-6-5(3-10)9-7(11-6)4-1-2-4/h4-6,10H,1-3H2. The molecule has 0 radical (unpaired) electrons. The van der Waals surface area contributed by atoms with E-state index in [4.69, 9.17) is 9.84 Å². The lowest BCUT2D eigenvalue weighted by atomic mass is 10.4. The highest BCUT2D eigenvalue weighted by Crippen LogP contribution is 2.35. The number of aliphatic imine (C=N–C) groups is 1. The topological polar surface area (TPSA) is 41.8 Å². The Hall–Kier alpha value is -0.0900. The van der Waals surface area contributed by atoms with Gasteiger partial charge < -0.3 is 9.84 Å². The minimum atomic E-state index is -0.108. The smallest absolute Gasteiger partial charge is 0.188 e. The summed E-state index contributed by atoms with van der Waals surface area (Å²) in [6.45, 7) is 0.0616. The van der Waals surface area contributed by atoms with E-state index in [-0.39, 0.29) is 17.7 Å². The van der Waals surface area contributed by atoms with E-state index < -0.39 is 0 Å². The molecule has 0 aromatic rings. The summed E-state index contributed by atoms with van der Waals surface area (Å²) in [6.07, 6.45) is 2.38. The maximum absolute atomic E-state index is 8.84. The average Bonchev–Trinajstić information content (AvgIpc) is 2.76. The van der Waals surface area contributed by atoms with E-state index >= 15 is 0 Å². The Kier molecular flexibility index (Phi) is 1.89. The number of rotatable bonds is 2. The lowest BCUT2D eigenvalue weighted by Gasteiger charge is -2.06. The summed E-state index contributed by atoms with van der Waals surface area (Å²) in [5, 5.41) is 8.73. The van der Waals surface area contributed by atoms with E-state index in [0.29, 0.717) is 5.92 Å². The third-order valence-electron chi connectivity index (χ3n) is 1.94. The van der Waals surface area contributed by atoms with E-state index in [1.807, 2.05) is 0 Å². The first-order chi connectivity index (χ1) is 5.31. The van der Waals surface area contributed by atoms with Crippen LogP contribution in [0.3, 0.4) is 0 Å². The first-order valence-electron chi connectivity index (χ1n) is 3.80. The van der Waals surface area contributed by atoms with Crippen LogP contribution < -0.4 is 0 Å². The molecule has 1 fully saturated rings. The van der Waals surface area contributed by atoms with Crippen LogP contribution in [0.15, 0.2) is 4.99 Å². The summed E-state index contributed by atoms with van der Waals surface area (Å²) < 4.78 is 5.40. The minimum Gasteiger partial charge on any atom is -0.464 e. The van der Waals surface area contributed by atoms with Crippen molar-refractivity contribution in [2.24, 2.45) is 10.9 Å². The molecule has 11 heavy (non-hydrogen) atoms. The van der Waals surface area contributed by atoms with Crippen LogP contribution in [0.25, 0.3) is 0 Å². The summed E-state index contributed by atoms with van der Waals surface area (Å²) >= 11 is 3.30. The van der Waals surface area contributed by atoms with Crippen LogP contribution in [-0.2, 0) is 4.74 Å². The second kappa shape index (κ2) is 2.75. The van der Waals surface area contributed by atoms with Gasteiger partial charge in [-0.25, -0.2) is 4.99 Å². The van der Waals surface area contributed by atoms with Gasteiger partial charge in [-0.3, -0.25) is 0 Å². The molecule has 1 N–H and O–H groups in total. The quantitative estimate of drug-likeness (QED) is 0.702. The molecule has 1 heterocycles. The van der Waals surface area contributed by atoms with Crippen molar-refractivity contribution in [1.29, 1.82) is 0 Å². The molecule has 4 heteroatoms. The fourth-order valence-corrected chi connectivity index (χ4v) is 1.58. The average molecular weight is 220 g/mol. The predicted octanol–water partition coefficient (Wildman–Crippen LogP) is 0.907. The Morgan fingerprint density at radius 3 is 2.82 bits per heavy atom. The molecule has 2 rings (SSSR count). The summed E-state index contributed by atoms with van der Waals surface area (Å²) in [6, 6.07) is -0.0920. The minimum absolute atomic E-state index is 0.0616. The molecule has 0 amide bonds. The number of hydrogen-bond donors (Lipinski definition) is 1. The van der Waals surface area contributed by atoms with Gasteiger partial charge >= 0.3 is 0 Å². The Bertz CT molecular complexity index is 191. The van der Waals surface area contributed by atoms with E-state index in [1.165, 1.54) is 12.8 Å². The number of alkyl halides is 1. The van der Waals surface area contributed by atoms with Crippen LogP contribution in [-0.4, -0.2) is 28.7 Å². The zero-order valence-electron chi connectivity index (χ0n) is 6.03. The van der Waals surface area contributed by atoms with Crippen LogP contribution in [0, 0.1) is 5.92 Å². The number of aliphatic hydroxyl groups is 1. The molecule has 0 saturated heterocycles. The highest BCUT2D eigenvalue weighted by atomic mass is 79.9. The molecule has 2 aliphatic rings. The van der Waals surface area contributed by atoms with Gasteiger partial charge in [0, 0.05) is 5.92 Å². The Morgan fingerprint density at radius 2 is 2.36 bits per heavy atom. The van der Waals surface area contributed by atoms with Crippen molar-refractivity contribution in [3.63, 3.8) is 0 Å². The number of aliphatic hydroxyl groups excluding tert-OH is 1. The molecule has 1 aliphatic heterocycles. The molecule has 0 aromatic heterocycles. The van der Waals surface area contributed by atoms with E-state index in [9.17, 15) is 0 Å². The van der Waals surface area contributed by atoms with Crippen LogP contribution in [0.1, 0.15) is 12.8 Å². The fraction of sp³-hybridized carbons (Fsp3) is 0.857. The summed E-state index contributed by atoms with van der Waals surface area (Å²) in [5.41, 5.74) is 0. The molecular formula is C7H10BrNO2. The number of halogens is 1. The molecule has 0 bridgehead atoms. The van der Waals surface area contributed by atoms with Crippen LogP contribution in [0.5, 0.6) is 0 Å². The number of nitrogens with zero attached hydrogens (tertiary/aromatic N) is 1. The number of hydrogen-bond acceptors (Lipinski definition) is 3. The third kappa shape index (κ3) is 1.42. The van der Waals surface area contributed by atoms with Crippen molar-refractivity contribution in [3.8, 4) is 0 Å². The van der Waals surface area contributed by atoms with Gasteiger partial charge in [0.1, 0.15) is 6.04 Å². The second-order valence-corrected chi connectivity index (χ2v) is 3.86. The summed E-state index contributed by atoms with van der Waals surface area (Å²) in [7, 11) is 0. The first kappa shape index (κ1) is 7.55. The van der Waals surface area contributed by atoms with Crippen molar-refractivity contribution in [1.82, 2.24) is 0 Å². The summed E-state index contributed by atoms with van der Waals surface area (Å²) in [5.74, 6) is 1.39. The maximum atomic E-state index is 8.84. The predicted molar refractivity (Wildman–Crippen MR) is 44.8 cm³/mol. The first-order valence-corrected chi connectivity index (χ1v) is 4.72.